The third-order valence-corrected chi connectivity index (χ3v) is 5.23. The molecule has 1 fully saturated rings. The number of carbonyl (C=O) groups excluding carboxylic acids is 3. The van der Waals surface area contributed by atoms with Crippen LogP contribution >= 0.6 is 0 Å². The average molecular weight is 427 g/mol. The van der Waals surface area contributed by atoms with Gasteiger partial charge in [-0.25, -0.2) is 4.79 Å². The van der Waals surface area contributed by atoms with E-state index in [-0.39, 0.29) is 0 Å². The summed E-state index contributed by atoms with van der Waals surface area (Å²) >= 11 is 0. The summed E-state index contributed by atoms with van der Waals surface area (Å²) in [6.07, 6.45) is 0. The number of anilines is 1. The highest BCUT2D eigenvalue weighted by atomic mass is 16.5. The highest BCUT2D eigenvalue weighted by Crippen LogP contribution is 2.32. The maximum atomic E-state index is 13.1. The van der Waals surface area contributed by atoms with E-state index in [9.17, 15) is 14.4 Å². The lowest BCUT2D eigenvalue weighted by Gasteiger charge is -2.23. The Hall–Kier alpha value is -3.75. The third kappa shape index (κ3) is 4.11. The minimum absolute atomic E-state index is 0.392. The van der Waals surface area contributed by atoms with Gasteiger partial charge in [-0.15, -0.1) is 0 Å². The van der Waals surface area contributed by atoms with Gasteiger partial charge in [-0.05, 0) is 49.2 Å². The van der Waals surface area contributed by atoms with Crippen LogP contribution in [0, 0.1) is 6.92 Å². The van der Waals surface area contributed by atoms with Gasteiger partial charge in [-0.1, -0.05) is 6.07 Å². The highest BCUT2D eigenvalue weighted by molar-refractivity contribution is 6.10. The van der Waals surface area contributed by atoms with Crippen molar-refractivity contribution >= 4 is 23.5 Å². The molecule has 31 heavy (non-hydrogen) atoms. The molecular weight excluding hydrogens is 402 g/mol. The van der Waals surface area contributed by atoms with E-state index in [1.807, 2.05) is 6.92 Å². The number of rotatable bonds is 7. The molecule has 0 spiro atoms. The largest absolute Gasteiger partial charge is 0.497 e. The Kier molecular flexibility index (Phi) is 6.05. The van der Waals surface area contributed by atoms with E-state index in [0.717, 1.165) is 10.5 Å². The predicted molar refractivity (Wildman–Crippen MR) is 114 cm³/mol. The smallest absolute Gasteiger partial charge is 0.325 e. The average Bonchev–Trinajstić information content (AvgIpc) is 2.97. The summed E-state index contributed by atoms with van der Waals surface area (Å²) in [7, 11) is 4.54. The van der Waals surface area contributed by atoms with Crippen LogP contribution in [-0.2, 0) is 15.1 Å². The quantitative estimate of drug-likeness (QED) is 0.658. The SMILES string of the molecule is COc1ccc(NC(=O)CN2C(=O)NC(C)(c3ccc(OC)c(C)c3)C2=O)c(OC)c1. The van der Waals surface area contributed by atoms with Crippen molar-refractivity contribution < 1.29 is 28.6 Å². The lowest BCUT2D eigenvalue weighted by Crippen LogP contribution is -2.42. The number of imide groups is 1. The normalized spacial score (nSPS) is 17.9. The molecule has 2 N–H and O–H groups in total. The topological polar surface area (TPSA) is 106 Å². The van der Waals surface area contributed by atoms with Crippen LogP contribution in [0.25, 0.3) is 0 Å². The minimum atomic E-state index is -1.29. The first-order valence-electron chi connectivity index (χ1n) is 9.54. The number of nitrogens with zero attached hydrogens (tertiary/aromatic N) is 1. The summed E-state index contributed by atoms with van der Waals surface area (Å²) in [5, 5.41) is 5.36. The molecule has 1 unspecified atom stereocenters. The lowest BCUT2D eigenvalue weighted by molar-refractivity contribution is -0.133. The third-order valence-electron chi connectivity index (χ3n) is 5.23. The molecule has 2 aromatic carbocycles. The van der Waals surface area contributed by atoms with Crippen LogP contribution in [0.3, 0.4) is 0 Å². The van der Waals surface area contributed by atoms with Crippen molar-refractivity contribution in [2.45, 2.75) is 19.4 Å². The number of carbonyl (C=O) groups is 3. The molecule has 1 heterocycles. The van der Waals surface area contributed by atoms with Gasteiger partial charge >= 0.3 is 6.03 Å². The van der Waals surface area contributed by atoms with E-state index < -0.39 is 29.9 Å². The fourth-order valence-corrected chi connectivity index (χ4v) is 3.46. The summed E-state index contributed by atoms with van der Waals surface area (Å²) in [4.78, 5) is 39.1. The molecule has 0 radical (unpaired) electrons. The standard InChI is InChI=1S/C22H25N3O6/c1-13-10-14(6-9-17(13)30-4)22(2)20(27)25(21(28)24-22)12-19(26)23-16-8-7-15(29-3)11-18(16)31-5/h6-11H,12H2,1-5H3,(H,23,26)(H,24,28). The van der Waals surface area contributed by atoms with Gasteiger partial charge in [0.05, 0.1) is 27.0 Å². The molecule has 0 aliphatic carbocycles. The molecule has 0 saturated carbocycles. The summed E-state index contributed by atoms with van der Waals surface area (Å²) < 4.78 is 15.6. The number of ether oxygens (including phenoxy) is 3. The van der Waals surface area contributed by atoms with Crippen LogP contribution < -0.4 is 24.8 Å². The second kappa shape index (κ2) is 8.55. The van der Waals surface area contributed by atoms with Gasteiger partial charge in [0.2, 0.25) is 5.91 Å². The molecule has 2 aromatic rings. The van der Waals surface area contributed by atoms with Crippen molar-refractivity contribution in [3.8, 4) is 17.2 Å². The molecule has 0 bridgehead atoms. The number of aryl methyl sites for hydroxylation is 1. The van der Waals surface area contributed by atoms with Crippen LogP contribution in [0.1, 0.15) is 18.1 Å². The molecule has 1 saturated heterocycles. The van der Waals surface area contributed by atoms with Crippen molar-refractivity contribution in [2.75, 3.05) is 33.2 Å². The number of benzene rings is 2. The molecule has 4 amide bonds. The zero-order chi connectivity index (χ0) is 22.8. The van der Waals surface area contributed by atoms with Crippen molar-refractivity contribution in [1.82, 2.24) is 10.2 Å². The maximum absolute atomic E-state index is 13.1. The fourth-order valence-electron chi connectivity index (χ4n) is 3.46. The molecule has 9 nitrogen and oxygen atoms in total. The summed E-state index contributed by atoms with van der Waals surface area (Å²) in [5.74, 6) is 0.577. The van der Waals surface area contributed by atoms with Gasteiger partial charge in [0.25, 0.3) is 5.91 Å². The van der Waals surface area contributed by atoms with Crippen molar-refractivity contribution in [1.29, 1.82) is 0 Å². The summed E-state index contributed by atoms with van der Waals surface area (Å²) in [5.41, 5.74) is 0.537. The number of urea groups is 1. The zero-order valence-electron chi connectivity index (χ0n) is 18.1. The van der Waals surface area contributed by atoms with Gasteiger partial charge < -0.3 is 24.8 Å². The van der Waals surface area contributed by atoms with Gasteiger partial charge in [0.15, 0.2) is 0 Å². The number of nitrogens with one attached hydrogen (secondary N) is 2. The van der Waals surface area contributed by atoms with Gasteiger partial charge in [0, 0.05) is 6.07 Å². The van der Waals surface area contributed by atoms with E-state index in [1.54, 1.807) is 50.4 Å². The Labute approximate surface area is 180 Å². The van der Waals surface area contributed by atoms with Crippen molar-refractivity contribution in [3.05, 3.63) is 47.5 Å². The van der Waals surface area contributed by atoms with Crippen LogP contribution in [0.5, 0.6) is 17.2 Å². The monoisotopic (exact) mass is 427 g/mol. The lowest BCUT2D eigenvalue weighted by atomic mass is 9.90. The first kappa shape index (κ1) is 21.9. The Bertz CT molecular complexity index is 1040. The zero-order valence-corrected chi connectivity index (χ0v) is 18.1. The molecular formula is C22H25N3O6. The molecule has 1 aliphatic heterocycles. The van der Waals surface area contributed by atoms with Crippen LogP contribution in [0.2, 0.25) is 0 Å². The molecule has 0 aromatic heterocycles. The van der Waals surface area contributed by atoms with E-state index in [0.29, 0.717) is 28.5 Å². The Morgan fingerprint density at radius 1 is 1.03 bits per heavy atom. The Balaban J connectivity index is 1.77. The van der Waals surface area contributed by atoms with E-state index in [2.05, 4.69) is 10.6 Å². The second-order valence-electron chi connectivity index (χ2n) is 7.25. The molecule has 3 rings (SSSR count). The number of hydrogen-bond donors (Lipinski definition) is 2. The Morgan fingerprint density at radius 3 is 2.35 bits per heavy atom. The number of amides is 4. The second-order valence-corrected chi connectivity index (χ2v) is 7.25. The van der Waals surface area contributed by atoms with Crippen LogP contribution in [0.15, 0.2) is 36.4 Å². The van der Waals surface area contributed by atoms with Gasteiger partial charge in [-0.2, -0.15) is 0 Å². The molecule has 164 valence electrons. The predicted octanol–water partition coefficient (Wildman–Crippen LogP) is 2.43. The fraction of sp³-hybridized carbons (Fsp3) is 0.318. The summed E-state index contributed by atoms with van der Waals surface area (Å²) in [6.45, 7) is 3.02. The minimum Gasteiger partial charge on any atom is -0.497 e. The van der Waals surface area contributed by atoms with Crippen molar-refractivity contribution in [2.24, 2.45) is 0 Å². The van der Waals surface area contributed by atoms with Crippen molar-refractivity contribution in [3.63, 3.8) is 0 Å². The van der Waals surface area contributed by atoms with Gasteiger partial charge in [0.1, 0.15) is 29.3 Å². The first-order chi connectivity index (χ1) is 14.7. The molecule has 1 aliphatic rings. The van der Waals surface area contributed by atoms with Crippen LogP contribution in [-0.4, -0.2) is 50.6 Å². The first-order valence-corrected chi connectivity index (χ1v) is 9.54. The van der Waals surface area contributed by atoms with Gasteiger partial charge in [-0.3, -0.25) is 14.5 Å². The van der Waals surface area contributed by atoms with E-state index in [4.69, 9.17) is 14.2 Å². The number of methoxy groups -OCH3 is 3. The molecule has 1 atom stereocenters. The Morgan fingerprint density at radius 2 is 1.74 bits per heavy atom. The van der Waals surface area contributed by atoms with E-state index >= 15 is 0 Å². The van der Waals surface area contributed by atoms with E-state index in [1.165, 1.54) is 14.2 Å². The van der Waals surface area contributed by atoms with Crippen LogP contribution in [0.4, 0.5) is 10.5 Å². The maximum Gasteiger partial charge on any atom is 0.325 e. The summed E-state index contributed by atoms with van der Waals surface area (Å²) in [6, 6.07) is 9.49. The number of hydrogen-bond acceptors (Lipinski definition) is 6. The molecule has 9 heteroatoms. The highest BCUT2D eigenvalue weighted by Gasteiger charge is 2.49.